The number of hydrogen-bond acceptors (Lipinski definition) is 3. The van der Waals surface area contributed by atoms with Gasteiger partial charge in [-0.25, -0.2) is 0 Å². The molecule has 0 fully saturated rings. The van der Waals surface area contributed by atoms with Crippen molar-refractivity contribution in [3.05, 3.63) is 0 Å². The molecule has 0 aromatic carbocycles. The zero-order valence-electron chi connectivity index (χ0n) is 8.88. The molecule has 1 N–H and O–H groups in total. The third kappa shape index (κ3) is 6.56. The van der Waals surface area contributed by atoms with E-state index in [9.17, 15) is 0 Å². The van der Waals surface area contributed by atoms with Crippen LogP contribution in [0.2, 0.25) is 0 Å². The molecule has 0 radical (unpaired) electrons. The van der Waals surface area contributed by atoms with Crippen LogP contribution in [-0.4, -0.2) is 36.8 Å². The molecular weight excluding hydrogens is 164 g/mol. The van der Waals surface area contributed by atoms with Crippen LogP contribution in [0.1, 0.15) is 26.7 Å². The minimum Gasteiger partial charge on any atom is -0.395 e. The minimum absolute atomic E-state index is 0.206. The summed E-state index contributed by atoms with van der Waals surface area (Å²) in [4.78, 5) is 2.08. The van der Waals surface area contributed by atoms with E-state index in [0.717, 1.165) is 19.4 Å². The van der Waals surface area contributed by atoms with Gasteiger partial charge in [0.1, 0.15) is 0 Å². The highest BCUT2D eigenvalue weighted by molar-refractivity contribution is 4.91. The number of likely N-dealkylation sites (N-methyl/N-ethyl adjacent to an activating group) is 1. The van der Waals surface area contributed by atoms with Crippen molar-refractivity contribution in [1.82, 2.24) is 4.90 Å². The maximum atomic E-state index is 8.76. The van der Waals surface area contributed by atoms with Crippen LogP contribution in [0.4, 0.5) is 0 Å². The Bertz CT molecular complexity index is 172. The molecule has 0 saturated heterocycles. The predicted molar refractivity (Wildman–Crippen MR) is 53.2 cm³/mol. The molecule has 13 heavy (non-hydrogen) atoms. The summed E-state index contributed by atoms with van der Waals surface area (Å²) in [5, 5.41) is 17.4. The normalized spacial score (nSPS) is 11.7. The first kappa shape index (κ1) is 12.4. The van der Waals surface area contributed by atoms with E-state index in [0.29, 0.717) is 6.54 Å². The van der Waals surface area contributed by atoms with Crippen LogP contribution < -0.4 is 0 Å². The Balaban J connectivity index is 3.51. The van der Waals surface area contributed by atoms with Crippen LogP contribution in [0, 0.1) is 16.7 Å². The summed E-state index contributed by atoms with van der Waals surface area (Å²) >= 11 is 0. The Morgan fingerprint density at radius 3 is 2.46 bits per heavy atom. The fourth-order valence-electron chi connectivity index (χ4n) is 1.13. The first-order chi connectivity index (χ1) is 6.02. The third-order valence-electron chi connectivity index (χ3n) is 2.13. The van der Waals surface area contributed by atoms with Crippen LogP contribution >= 0.6 is 0 Å². The Labute approximate surface area is 81.0 Å². The number of aliphatic hydroxyl groups excluding tert-OH is 1. The molecular formula is C10H20N2O. The van der Waals surface area contributed by atoms with Gasteiger partial charge in [0.25, 0.3) is 0 Å². The molecule has 0 aliphatic rings. The largest absolute Gasteiger partial charge is 0.395 e. The summed E-state index contributed by atoms with van der Waals surface area (Å²) in [6.07, 6.45) is 1.93. The number of rotatable bonds is 6. The smallest absolute Gasteiger partial charge is 0.0683 e. The van der Waals surface area contributed by atoms with Crippen molar-refractivity contribution in [3.8, 4) is 6.07 Å². The SMILES string of the molecule is CN(CCO)CCCC(C)(C)C#N. The van der Waals surface area contributed by atoms with E-state index in [1.165, 1.54) is 0 Å². The zero-order valence-corrected chi connectivity index (χ0v) is 8.88. The summed E-state index contributed by atoms with van der Waals surface area (Å²) in [7, 11) is 1.98. The van der Waals surface area contributed by atoms with Gasteiger partial charge in [-0.1, -0.05) is 0 Å². The summed E-state index contributed by atoms with van der Waals surface area (Å²) < 4.78 is 0. The first-order valence-corrected chi connectivity index (χ1v) is 4.72. The van der Waals surface area contributed by atoms with Crippen LogP contribution in [0.3, 0.4) is 0 Å². The van der Waals surface area contributed by atoms with Gasteiger partial charge in [0, 0.05) is 6.54 Å². The van der Waals surface area contributed by atoms with E-state index in [2.05, 4.69) is 11.0 Å². The average Bonchev–Trinajstić information content (AvgIpc) is 2.05. The molecule has 0 spiro atoms. The standard InChI is InChI=1S/C10H20N2O/c1-10(2,9-11)5-4-6-12(3)7-8-13/h13H,4-8H2,1-3H3. The molecule has 0 amide bonds. The van der Waals surface area contributed by atoms with E-state index in [4.69, 9.17) is 10.4 Å². The van der Waals surface area contributed by atoms with Crippen molar-refractivity contribution in [1.29, 1.82) is 5.26 Å². The summed E-state index contributed by atoms with van der Waals surface area (Å²) in [5.41, 5.74) is -0.208. The molecule has 0 aliphatic carbocycles. The molecule has 76 valence electrons. The molecule has 0 saturated carbocycles. The van der Waals surface area contributed by atoms with Crippen LogP contribution in [0.15, 0.2) is 0 Å². The van der Waals surface area contributed by atoms with E-state index >= 15 is 0 Å². The van der Waals surface area contributed by atoms with Gasteiger partial charge in [0.2, 0.25) is 0 Å². The monoisotopic (exact) mass is 184 g/mol. The average molecular weight is 184 g/mol. The second-order valence-corrected chi connectivity index (χ2v) is 4.13. The maximum absolute atomic E-state index is 8.76. The van der Waals surface area contributed by atoms with Gasteiger partial charge in [0.15, 0.2) is 0 Å². The fraction of sp³-hybridized carbons (Fsp3) is 0.900. The lowest BCUT2D eigenvalue weighted by Crippen LogP contribution is -2.24. The van der Waals surface area contributed by atoms with E-state index in [1.807, 2.05) is 20.9 Å². The van der Waals surface area contributed by atoms with E-state index < -0.39 is 0 Å². The minimum atomic E-state index is -0.208. The lowest BCUT2D eigenvalue weighted by atomic mass is 9.90. The predicted octanol–water partition coefficient (Wildman–Crippen LogP) is 1.24. The highest BCUT2D eigenvalue weighted by Crippen LogP contribution is 2.20. The Morgan fingerprint density at radius 1 is 1.38 bits per heavy atom. The van der Waals surface area contributed by atoms with Crippen LogP contribution in [0.25, 0.3) is 0 Å². The highest BCUT2D eigenvalue weighted by atomic mass is 16.3. The summed E-state index contributed by atoms with van der Waals surface area (Å²) in [6.45, 7) is 5.79. The van der Waals surface area contributed by atoms with Crippen molar-refractivity contribution in [2.75, 3.05) is 26.7 Å². The number of nitrogens with zero attached hydrogens (tertiary/aromatic N) is 2. The summed E-state index contributed by atoms with van der Waals surface area (Å²) in [6, 6.07) is 2.28. The molecule has 3 heteroatoms. The van der Waals surface area contributed by atoms with Gasteiger partial charge >= 0.3 is 0 Å². The molecule has 0 atom stereocenters. The van der Waals surface area contributed by atoms with Gasteiger partial charge < -0.3 is 10.0 Å². The molecule has 0 rings (SSSR count). The first-order valence-electron chi connectivity index (χ1n) is 4.72. The molecule has 0 aromatic heterocycles. The number of nitriles is 1. The van der Waals surface area contributed by atoms with Gasteiger partial charge in [-0.2, -0.15) is 5.26 Å². The molecule has 0 heterocycles. The van der Waals surface area contributed by atoms with Crippen molar-refractivity contribution >= 4 is 0 Å². The van der Waals surface area contributed by atoms with Crippen molar-refractivity contribution < 1.29 is 5.11 Å². The van der Waals surface area contributed by atoms with Crippen molar-refractivity contribution in [2.24, 2.45) is 5.41 Å². The maximum Gasteiger partial charge on any atom is 0.0683 e. The topological polar surface area (TPSA) is 47.3 Å². The molecule has 0 aliphatic heterocycles. The van der Waals surface area contributed by atoms with Gasteiger partial charge in [0.05, 0.1) is 18.1 Å². The van der Waals surface area contributed by atoms with Crippen molar-refractivity contribution in [2.45, 2.75) is 26.7 Å². The third-order valence-corrected chi connectivity index (χ3v) is 2.13. The Hall–Kier alpha value is -0.590. The Kier molecular flexibility index (Phi) is 5.68. The lowest BCUT2D eigenvalue weighted by Gasteiger charge is -2.18. The molecule has 0 unspecified atom stereocenters. The number of hydrogen-bond donors (Lipinski definition) is 1. The summed E-state index contributed by atoms with van der Waals surface area (Å²) in [5.74, 6) is 0. The highest BCUT2D eigenvalue weighted by Gasteiger charge is 2.15. The van der Waals surface area contributed by atoms with Crippen LogP contribution in [-0.2, 0) is 0 Å². The van der Waals surface area contributed by atoms with Crippen molar-refractivity contribution in [3.63, 3.8) is 0 Å². The second-order valence-electron chi connectivity index (χ2n) is 4.13. The second kappa shape index (κ2) is 5.95. The van der Waals surface area contributed by atoms with Gasteiger partial charge in [-0.05, 0) is 40.3 Å². The number of aliphatic hydroxyl groups is 1. The van der Waals surface area contributed by atoms with Gasteiger partial charge in [-0.3, -0.25) is 0 Å². The molecule has 0 bridgehead atoms. The zero-order chi connectivity index (χ0) is 10.3. The quantitative estimate of drug-likeness (QED) is 0.675. The molecule has 3 nitrogen and oxygen atoms in total. The van der Waals surface area contributed by atoms with E-state index in [1.54, 1.807) is 0 Å². The van der Waals surface area contributed by atoms with Crippen LogP contribution in [0.5, 0.6) is 0 Å². The van der Waals surface area contributed by atoms with E-state index in [-0.39, 0.29) is 12.0 Å². The Morgan fingerprint density at radius 2 is 2.00 bits per heavy atom. The molecule has 0 aromatic rings. The van der Waals surface area contributed by atoms with Gasteiger partial charge in [-0.15, -0.1) is 0 Å². The lowest BCUT2D eigenvalue weighted by molar-refractivity contribution is 0.215. The fourth-order valence-corrected chi connectivity index (χ4v) is 1.13.